The van der Waals surface area contributed by atoms with Crippen LogP contribution in [0.4, 0.5) is 0 Å². The van der Waals surface area contributed by atoms with E-state index >= 15 is 0 Å². The van der Waals surface area contributed by atoms with Gasteiger partial charge in [-0.15, -0.1) is 0 Å². The first-order chi connectivity index (χ1) is 10.5. The monoisotopic (exact) mass is 344 g/mol. The summed E-state index contributed by atoms with van der Waals surface area (Å²) in [6.45, 7) is 1.50. The van der Waals surface area contributed by atoms with E-state index in [1.54, 1.807) is 0 Å². The summed E-state index contributed by atoms with van der Waals surface area (Å²) >= 11 is 0. The normalized spacial score (nSPS) is 9.48. The SMILES string of the molecule is CCCCCCCCCCCCO.O=C(O)COCC(=O)O.[H-].[Na+]. The fourth-order valence-electron chi connectivity index (χ4n) is 1.82. The molecule has 0 saturated carbocycles. The van der Waals surface area contributed by atoms with E-state index in [1.807, 2.05) is 0 Å². The minimum Gasteiger partial charge on any atom is -1.00 e. The molecule has 6 nitrogen and oxygen atoms in total. The fourth-order valence-corrected chi connectivity index (χ4v) is 1.82. The molecule has 0 aliphatic carbocycles. The molecule has 0 atom stereocenters. The van der Waals surface area contributed by atoms with E-state index < -0.39 is 25.2 Å². The van der Waals surface area contributed by atoms with E-state index in [9.17, 15) is 9.59 Å². The Morgan fingerprint density at radius 3 is 1.43 bits per heavy atom. The van der Waals surface area contributed by atoms with Crippen molar-refractivity contribution in [2.45, 2.75) is 71.1 Å². The minimum atomic E-state index is -1.17. The summed E-state index contributed by atoms with van der Waals surface area (Å²) in [6.07, 6.45) is 13.3. The second-order valence-electron chi connectivity index (χ2n) is 5.19. The zero-order valence-corrected chi connectivity index (χ0v) is 16.8. The minimum absolute atomic E-state index is 0. The average molecular weight is 344 g/mol. The zero-order chi connectivity index (χ0) is 17.1. The van der Waals surface area contributed by atoms with Gasteiger partial charge >= 0.3 is 41.5 Å². The van der Waals surface area contributed by atoms with Gasteiger partial charge in [-0.1, -0.05) is 64.7 Å². The molecule has 0 spiro atoms. The summed E-state index contributed by atoms with van der Waals surface area (Å²) in [7, 11) is 0. The Kier molecular flexibility index (Phi) is 29.0. The van der Waals surface area contributed by atoms with Crippen LogP contribution < -0.4 is 29.6 Å². The molecule has 0 bridgehead atoms. The Bertz CT molecular complexity index is 243. The number of rotatable bonds is 14. The van der Waals surface area contributed by atoms with Crippen molar-refractivity contribution in [2.24, 2.45) is 0 Å². The Morgan fingerprint density at radius 1 is 0.783 bits per heavy atom. The van der Waals surface area contributed by atoms with E-state index in [0.29, 0.717) is 6.61 Å². The van der Waals surface area contributed by atoms with Crippen LogP contribution in [0.2, 0.25) is 0 Å². The molecule has 0 amide bonds. The van der Waals surface area contributed by atoms with Gasteiger partial charge in [0, 0.05) is 6.61 Å². The third kappa shape index (κ3) is 34.3. The van der Waals surface area contributed by atoms with E-state index in [1.165, 1.54) is 57.8 Å². The first kappa shape index (κ1) is 27.7. The van der Waals surface area contributed by atoms with Crippen molar-refractivity contribution in [2.75, 3.05) is 19.8 Å². The van der Waals surface area contributed by atoms with E-state index in [-0.39, 0.29) is 31.0 Å². The average Bonchev–Trinajstić information content (AvgIpc) is 2.45. The molecule has 0 aromatic carbocycles. The smallest absolute Gasteiger partial charge is 1.00 e. The van der Waals surface area contributed by atoms with Crippen molar-refractivity contribution in [3.05, 3.63) is 0 Å². The maximum atomic E-state index is 9.66. The molecule has 0 aromatic heterocycles. The predicted octanol–water partition coefficient (Wildman–Crippen LogP) is 0.188. The van der Waals surface area contributed by atoms with Crippen LogP contribution in [0.1, 0.15) is 72.6 Å². The van der Waals surface area contributed by atoms with Gasteiger partial charge < -0.3 is 21.5 Å². The summed E-state index contributed by atoms with van der Waals surface area (Å²) in [5.41, 5.74) is 0. The van der Waals surface area contributed by atoms with Crippen LogP contribution in [0.15, 0.2) is 0 Å². The maximum absolute atomic E-state index is 9.66. The van der Waals surface area contributed by atoms with Crippen molar-refractivity contribution in [1.82, 2.24) is 0 Å². The number of aliphatic carboxylic acids is 2. The van der Waals surface area contributed by atoms with Crippen LogP contribution in [-0.2, 0) is 14.3 Å². The first-order valence-corrected chi connectivity index (χ1v) is 8.16. The third-order valence-electron chi connectivity index (χ3n) is 2.96. The molecule has 0 radical (unpaired) electrons. The van der Waals surface area contributed by atoms with Gasteiger partial charge in [0.1, 0.15) is 13.2 Å². The van der Waals surface area contributed by atoms with Crippen molar-refractivity contribution in [1.29, 1.82) is 0 Å². The number of carboxylic acids is 2. The Morgan fingerprint density at radius 2 is 1.13 bits per heavy atom. The van der Waals surface area contributed by atoms with Crippen LogP contribution in [0, 0.1) is 0 Å². The number of carboxylic acid groups (broad SMARTS) is 2. The van der Waals surface area contributed by atoms with E-state index in [4.69, 9.17) is 15.3 Å². The number of aliphatic hydroxyl groups is 1. The summed E-state index contributed by atoms with van der Waals surface area (Å²) in [4.78, 5) is 19.3. The van der Waals surface area contributed by atoms with Crippen LogP contribution in [0.3, 0.4) is 0 Å². The number of hydrogen-bond donors (Lipinski definition) is 3. The Labute approximate surface area is 163 Å². The standard InChI is InChI=1S/C12H26O.C4H6O5.Na.H/c1-2-3-4-5-6-7-8-9-10-11-12-13;5-3(6)1-9-2-4(7)8;;/h13H,2-12H2,1H3;1-2H2,(H,5,6)(H,7,8);;/q;;+1;-1. The second kappa shape index (κ2) is 24.1. The van der Waals surface area contributed by atoms with E-state index in [0.717, 1.165) is 6.42 Å². The molecular formula is C16H33NaO6. The van der Waals surface area contributed by atoms with Gasteiger partial charge in [-0.25, -0.2) is 9.59 Å². The summed E-state index contributed by atoms with van der Waals surface area (Å²) in [5.74, 6) is -2.34. The number of aliphatic hydroxyl groups excluding tert-OH is 1. The zero-order valence-electron chi connectivity index (χ0n) is 15.8. The van der Waals surface area contributed by atoms with Crippen molar-refractivity contribution in [3.8, 4) is 0 Å². The van der Waals surface area contributed by atoms with Gasteiger partial charge in [-0.3, -0.25) is 0 Å². The predicted molar refractivity (Wildman–Crippen MR) is 86.1 cm³/mol. The number of unbranched alkanes of at least 4 members (excludes halogenated alkanes) is 9. The van der Waals surface area contributed by atoms with E-state index in [2.05, 4.69) is 11.7 Å². The summed E-state index contributed by atoms with van der Waals surface area (Å²) < 4.78 is 4.16. The molecule has 0 aromatic rings. The van der Waals surface area contributed by atoms with Gasteiger partial charge in [0.15, 0.2) is 0 Å². The van der Waals surface area contributed by atoms with Gasteiger partial charge in [0.2, 0.25) is 0 Å². The Balaban J connectivity index is -0.000000162. The molecule has 0 fully saturated rings. The molecule has 7 heteroatoms. The molecule has 0 aliphatic rings. The maximum Gasteiger partial charge on any atom is 1.00 e. The fraction of sp³-hybridized carbons (Fsp3) is 0.875. The van der Waals surface area contributed by atoms with Crippen LogP contribution in [-0.4, -0.2) is 47.1 Å². The van der Waals surface area contributed by atoms with Gasteiger partial charge in [0.25, 0.3) is 0 Å². The van der Waals surface area contributed by atoms with Crippen molar-refractivity contribution in [3.63, 3.8) is 0 Å². The third-order valence-corrected chi connectivity index (χ3v) is 2.96. The molecular weight excluding hydrogens is 311 g/mol. The molecule has 134 valence electrons. The number of hydrogen-bond acceptors (Lipinski definition) is 4. The van der Waals surface area contributed by atoms with Crippen LogP contribution >= 0.6 is 0 Å². The largest absolute Gasteiger partial charge is 1.00 e. The molecule has 0 unspecified atom stereocenters. The molecule has 0 saturated heterocycles. The summed E-state index contributed by atoms with van der Waals surface area (Å²) in [5, 5.41) is 24.4. The molecule has 0 rings (SSSR count). The first-order valence-electron chi connectivity index (χ1n) is 8.16. The quantitative estimate of drug-likeness (QED) is 0.307. The summed E-state index contributed by atoms with van der Waals surface area (Å²) in [6, 6.07) is 0. The van der Waals surface area contributed by atoms with Crippen LogP contribution in [0.5, 0.6) is 0 Å². The molecule has 3 N–H and O–H groups in total. The van der Waals surface area contributed by atoms with Crippen molar-refractivity contribution >= 4 is 11.9 Å². The van der Waals surface area contributed by atoms with Gasteiger partial charge in [-0.2, -0.15) is 0 Å². The van der Waals surface area contributed by atoms with Crippen molar-refractivity contribution < 1.29 is 60.6 Å². The molecule has 0 aliphatic heterocycles. The Hall–Kier alpha value is -0.140. The van der Waals surface area contributed by atoms with Gasteiger partial charge in [-0.05, 0) is 6.42 Å². The number of carbonyl (C=O) groups is 2. The van der Waals surface area contributed by atoms with Gasteiger partial charge in [0.05, 0.1) is 0 Å². The van der Waals surface area contributed by atoms with Crippen LogP contribution in [0.25, 0.3) is 0 Å². The number of ether oxygens (including phenoxy) is 1. The second-order valence-corrected chi connectivity index (χ2v) is 5.19. The molecule has 23 heavy (non-hydrogen) atoms. The topological polar surface area (TPSA) is 104 Å². The molecule has 0 heterocycles.